The van der Waals surface area contributed by atoms with Gasteiger partial charge in [-0.25, -0.2) is 9.18 Å². The summed E-state index contributed by atoms with van der Waals surface area (Å²) in [4.78, 5) is 10.5. The fourth-order valence-corrected chi connectivity index (χ4v) is 1.87. The number of halogens is 4. The maximum atomic E-state index is 13.8. The van der Waals surface area contributed by atoms with Crippen molar-refractivity contribution < 1.29 is 27.5 Å². The van der Waals surface area contributed by atoms with Gasteiger partial charge in [-0.15, -0.1) is 0 Å². The van der Waals surface area contributed by atoms with E-state index in [1.54, 1.807) is 0 Å². The normalized spacial score (nSPS) is 11.8. The third-order valence-corrected chi connectivity index (χ3v) is 2.93. The molecule has 1 N–H and O–H groups in total. The predicted octanol–water partition coefficient (Wildman–Crippen LogP) is 4.61. The molecule has 0 atom stereocenters. The number of hydrogen-bond donors (Lipinski definition) is 1. The molecule has 0 aliphatic rings. The Morgan fingerprint density at radius 3 is 2.23 bits per heavy atom. The van der Waals surface area contributed by atoms with Gasteiger partial charge in [-0.1, -0.05) is 18.2 Å². The van der Waals surface area contributed by atoms with E-state index in [9.17, 15) is 22.4 Å². The van der Waals surface area contributed by atoms with Gasteiger partial charge in [0.25, 0.3) is 0 Å². The molecule has 6 heteroatoms. The minimum Gasteiger partial charge on any atom is -0.478 e. The third-order valence-electron chi connectivity index (χ3n) is 2.93. The first-order valence-corrected chi connectivity index (χ1v) is 6.15. The van der Waals surface area contributed by atoms with Gasteiger partial charge in [-0.3, -0.25) is 0 Å². The second-order valence-corrected chi connectivity index (χ2v) is 4.49. The highest BCUT2D eigenvalue weighted by Crippen LogP contribution is 2.32. The first kappa shape index (κ1) is 15.8. The standard InChI is InChI=1S/C16H10F4O2/c17-14-7-1-10(2-8-15(21)22)9-13(14)11-3-5-12(6-4-11)16(18,19)20/h1-9H,(H,21,22)/b8-2+. The highest BCUT2D eigenvalue weighted by molar-refractivity contribution is 5.85. The molecule has 2 aromatic rings. The van der Waals surface area contributed by atoms with Crippen LogP contribution < -0.4 is 0 Å². The summed E-state index contributed by atoms with van der Waals surface area (Å²) in [5.41, 5.74) is -0.0189. The first-order chi connectivity index (χ1) is 10.3. The number of hydrogen-bond acceptors (Lipinski definition) is 1. The number of carboxylic acid groups (broad SMARTS) is 1. The second-order valence-electron chi connectivity index (χ2n) is 4.49. The van der Waals surface area contributed by atoms with Crippen LogP contribution in [-0.4, -0.2) is 11.1 Å². The molecular weight excluding hydrogens is 300 g/mol. The average Bonchev–Trinajstić information content (AvgIpc) is 2.45. The van der Waals surface area contributed by atoms with Crippen LogP contribution in [0, 0.1) is 5.82 Å². The maximum Gasteiger partial charge on any atom is 0.416 e. The van der Waals surface area contributed by atoms with Crippen LogP contribution in [0.3, 0.4) is 0 Å². The highest BCUT2D eigenvalue weighted by atomic mass is 19.4. The van der Waals surface area contributed by atoms with Crippen LogP contribution >= 0.6 is 0 Å². The van der Waals surface area contributed by atoms with Crippen LogP contribution in [0.25, 0.3) is 17.2 Å². The molecule has 0 spiro atoms. The Labute approximate surface area is 123 Å². The van der Waals surface area contributed by atoms with E-state index in [-0.39, 0.29) is 11.1 Å². The van der Waals surface area contributed by atoms with E-state index in [4.69, 9.17) is 5.11 Å². The highest BCUT2D eigenvalue weighted by Gasteiger charge is 2.30. The Hall–Kier alpha value is -2.63. The Kier molecular flexibility index (Phi) is 4.30. The topological polar surface area (TPSA) is 37.3 Å². The van der Waals surface area contributed by atoms with Crippen molar-refractivity contribution in [1.29, 1.82) is 0 Å². The summed E-state index contributed by atoms with van der Waals surface area (Å²) in [7, 11) is 0. The van der Waals surface area contributed by atoms with Crippen molar-refractivity contribution in [2.24, 2.45) is 0 Å². The summed E-state index contributed by atoms with van der Waals surface area (Å²) in [6.07, 6.45) is -2.29. The molecule has 0 radical (unpaired) electrons. The smallest absolute Gasteiger partial charge is 0.416 e. The monoisotopic (exact) mass is 310 g/mol. The van der Waals surface area contributed by atoms with E-state index in [2.05, 4.69) is 0 Å². The van der Waals surface area contributed by atoms with Gasteiger partial charge in [0.15, 0.2) is 0 Å². The molecule has 0 saturated heterocycles. The Morgan fingerprint density at radius 2 is 1.68 bits per heavy atom. The zero-order chi connectivity index (χ0) is 16.3. The van der Waals surface area contributed by atoms with E-state index < -0.39 is 23.5 Å². The summed E-state index contributed by atoms with van der Waals surface area (Å²) in [6.45, 7) is 0. The fourth-order valence-electron chi connectivity index (χ4n) is 1.87. The number of benzene rings is 2. The molecule has 0 saturated carbocycles. The van der Waals surface area contributed by atoms with Crippen molar-refractivity contribution in [3.8, 4) is 11.1 Å². The lowest BCUT2D eigenvalue weighted by Crippen LogP contribution is -2.04. The number of alkyl halides is 3. The number of carbonyl (C=O) groups is 1. The largest absolute Gasteiger partial charge is 0.478 e. The average molecular weight is 310 g/mol. The van der Waals surface area contributed by atoms with E-state index >= 15 is 0 Å². The van der Waals surface area contributed by atoms with Gasteiger partial charge in [0.05, 0.1) is 5.56 Å². The van der Waals surface area contributed by atoms with Crippen LogP contribution in [0.5, 0.6) is 0 Å². The van der Waals surface area contributed by atoms with Crippen LogP contribution in [-0.2, 0) is 11.0 Å². The summed E-state index contributed by atoms with van der Waals surface area (Å²) in [5.74, 6) is -1.76. The molecule has 0 unspecified atom stereocenters. The van der Waals surface area contributed by atoms with Crippen molar-refractivity contribution in [3.05, 3.63) is 65.5 Å². The van der Waals surface area contributed by atoms with E-state index in [0.29, 0.717) is 5.56 Å². The molecule has 22 heavy (non-hydrogen) atoms. The summed E-state index contributed by atoms with van der Waals surface area (Å²) in [5, 5.41) is 8.56. The van der Waals surface area contributed by atoms with Gasteiger partial charge in [-0.05, 0) is 41.5 Å². The summed E-state index contributed by atoms with van der Waals surface area (Å²) < 4.78 is 51.3. The van der Waals surface area contributed by atoms with Crippen molar-refractivity contribution in [1.82, 2.24) is 0 Å². The molecular formula is C16H10F4O2. The van der Waals surface area contributed by atoms with Crippen molar-refractivity contribution in [2.45, 2.75) is 6.18 Å². The lowest BCUT2D eigenvalue weighted by molar-refractivity contribution is -0.137. The quantitative estimate of drug-likeness (QED) is 0.664. The SMILES string of the molecule is O=C(O)/C=C/c1ccc(F)c(-c2ccc(C(F)(F)F)cc2)c1. The lowest BCUT2D eigenvalue weighted by Gasteiger charge is -2.09. The minimum atomic E-state index is -4.46. The van der Waals surface area contributed by atoms with Gasteiger partial charge >= 0.3 is 12.1 Å². The molecule has 2 aromatic carbocycles. The maximum absolute atomic E-state index is 13.8. The molecule has 2 nitrogen and oxygen atoms in total. The van der Waals surface area contributed by atoms with Crippen LogP contribution in [0.4, 0.5) is 17.6 Å². The summed E-state index contributed by atoms with van der Waals surface area (Å²) >= 11 is 0. The van der Waals surface area contributed by atoms with E-state index in [0.717, 1.165) is 24.3 Å². The number of carboxylic acids is 1. The van der Waals surface area contributed by atoms with Crippen LogP contribution in [0.15, 0.2) is 48.5 Å². The molecule has 2 rings (SSSR count). The van der Waals surface area contributed by atoms with Crippen molar-refractivity contribution in [3.63, 3.8) is 0 Å². The molecule has 0 bridgehead atoms. The van der Waals surface area contributed by atoms with E-state index in [1.807, 2.05) is 0 Å². The zero-order valence-corrected chi connectivity index (χ0v) is 11.1. The minimum absolute atomic E-state index is 0.0984. The number of aliphatic carboxylic acids is 1. The van der Waals surface area contributed by atoms with Crippen molar-refractivity contribution >= 4 is 12.0 Å². The zero-order valence-electron chi connectivity index (χ0n) is 11.1. The van der Waals surface area contributed by atoms with Gasteiger partial charge in [0, 0.05) is 11.6 Å². The molecule has 0 aliphatic heterocycles. The Balaban J connectivity index is 2.39. The van der Waals surface area contributed by atoms with Crippen molar-refractivity contribution in [2.75, 3.05) is 0 Å². The third kappa shape index (κ3) is 3.72. The molecule has 0 aromatic heterocycles. The van der Waals surface area contributed by atoms with E-state index in [1.165, 1.54) is 30.3 Å². The lowest BCUT2D eigenvalue weighted by atomic mass is 10.0. The second kappa shape index (κ2) is 6.01. The summed E-state index contributed by atoms with van der Waals surface area (Å²) in [6, 6.07) is 7.97. The molecule has 0 aliphatic carbocycles. The first-order valence-electron chi connectivity index (χ1n) is 6.15. The van der Waals surface area contributed by atoms with Gasteiger partial charge < -0.3 is 5.11 Å². The molecule has 114 valence electrons. The van der Waals surface area contributed by atoms with Gasteiger partial charge in [-0.2, -0.15) is 13.2 Å². The predicted molar refractivity (Wildman–Crippen MR) is 73.5 cm³/mol. The Bertz CT molecular complexity index is 716. The van der Waals surface area contributed by atoms with Gasteiger partial charge in [0.1, 0.15) is 5.82 Å². The molecule has 0 amide bonds. The molecule has 0 heterocycles. The van der Waals surface area contributed by atoms with Gasteiger partial charge in [0.2, 0.25) is 0 Å². The van der Waals surface area contributed by atoms with Crippen LogP contribution in [0.2, 0.25) is 0 Å². The number of rotatable bonds is 3. The molecule has 0 fully saturated rings. The Morgan fingerprint density at radius 1 is 1.05 bits per heavy atom. The van der Waals surface area contributed by atoms with Crippen LogP contribution in [0.1, 0.15) is 11.1 Å². The fraction of sp³-hybridized carbons (Fsp3) is 0.0625.